The van der Waals surface area contributed by atoms with Crippen LogP contribution in [-0.2, 0) is 24.2 Å². The van der Waals surface area contributed by atoms with Crippen LogP contribution in [0.1, 0.15) is 68.6 Å². The molecular formula is C25H33BrN2O3. The van der Waals surface area contributed by atoms with Crippen LogP contribution in [0.25, 0.3) is 0 Å². The van der Waals surface area contributed by atoms with Crippen LogP contribution in [0.5, 0.6) is 0 Å². The lowest BCUT2D eigenvalue weighted by atomic mass is 10.1. The van der Waals surface area contributed by atoms with E-state index in [1.165, 1.54) is 12.8 Å². The second kappa shape index (κ2) is 10.1. The largest absolute Gasteiger partial charge is 0.456 e. The number of carbonyl (C=O) groups excluding carboxylic acids is 1. The lowest BCUT2D eigenvalue weighted by Crippen LogP contribution is -2.33. The molecule has 5 nitrogen and oxygen atoms in total. The van der Waals surface area contributed by atoms with E-state index in [-0.39, 0.29) is 11.5 Å². The molecule has 31 heavy (non-hydrogen) atoms. The quantitative estimate of drug-likeness (QED) is 0.503. The number of halogens is 1. The Labute approximate surface area is 193 Å². The van der Waals surface area contributed by atoms with Crippen molar-refractivity contribution < 1.29 is 9.53 Å². The summed E-state index contributed by atoms with van der Waals surface area (Å²) in [5, 5.41) is 0. The van der Waals surface area contributed by atoms with Crippen LogP contribution in [0.4, 0.5) is 0 Å². The van der Waals surface area contributed by atoms with Crippen LogP contribution in [-0.4, -0.2) is 33.6 Å². The SMILES string of the molecule is CCC1CCCN1Cc1c(Br)ccc(=O)n1CCc1ccc(C(=O)OC(C)(C)C)cc1. The number of rotatable bonds is 7. The zero-order valence-electron chi connectivity index (χ0n) is 19.0. The first-order valence-electron chi connectivity index (χ1n) is 11.1. The molecule has 0 aliphatic carbocycles. The van der Waals surface area contributed by atoms with Gasteiger partial charge in [-0.3, -0.25) is 9.69 Å². The molecule has 1 unspecified atom stereocenters. The zero-order chi connectivity index (χ0) is 22.6. The van der Waals surface area contributed by atoms with Crippen LogP contribution in [0.2, 0.25) is 0 Å². The van der Waals surface area contributed by atoms with E-state index in [0.29, 0.717) is 18.2 Å². The summed E-state index contributed by atoms with van der Waals surface area (Å²) >= 11 is 3.67. The lowest BCUT2D eigenvalue weighted by molar-refractivity contribution is 0.00695. The van der Waals surface area contributed by atoms with Gasteiger partial charge in [-0.05, 0) is 92.7 Å². The molecular weight excluding hydrogens is 456 g/mol. The third-order valence-electron chi connectivity index (χ3n) is 5.78. The van der Waals surface area contributed by atoms with Crippen LogP contribution < -0.4 is 5.56 Å². The molecule has 1 saturated heterocycles. The summed E-state index contributed by atoms with van der Waals surface area (Å²) in [6.45, 7) is 10.3. The molecule has 1 aliphatic rings. The van der Waals surface area contributed by atoms with Crippen LogP contribution in [0.3, 0.4) is 0 Å². The predicted molar refractivity (Wildman–Crippen MR) is 127 cm³/mol. The Kier molecular flexibility index (Phi) is 7.76. The number of likely N-dealkylation sites (tertiary alicyclic amines) is 1. The molecule has 0 bridgehead atoms. The fourth-order valence-corrected chi connectivity index (χ4v) is 4.61. The summed E-state index contributed by atoms with van der Waals surface area (Å²) in [6.07, 6.45) is 4.31. The number of aromatic nitrogens is 1. The van der Waals surface area contributed by atoms with Gasteiger partial charge in [0.1, 0.15) is 5.60 Å². The van der Waals surface area contributed by atoms with Crippen molar-refractivity contribution in [2.75, 3.05) is 6.54 Å². The number of hydrogen-bond acceptors (Lipinski definition) is 4. The number of pyridine rings is 1. The van der Waals surface area contributed by atoms with Crippen LogP contribution >= 0.6 is 15.9 Å². The first-order valence-corrected chi connectivity index (χ1v) is 11.9. The van der Waals surface area contributed by atoms with E-state index in [2.05, 4.69) is 27.8 Å². The molecule has 6 heteroatoms. The minimum absolute atomic E-state index is 0.0239. The van der Waals surface area contributed by atoms with Crippen LogP contribution in [0.15, 0.2) is 45.7 Å². The van der Waals surface area contributed by atoms with E-state index in [9.17, 15) is 9.59 Å². The van der Waals surface area contributed by atoms with E-state index in [0.717, 1.165) is 41.7 Å². The molecule has 1 aliphatic heterocycles. The van der Waals surface area contributed by atoms with E-state index in [4.69, 9.17) is 4.74 Å². The summed E-state index contributed by atoms with van der Waals surface area (Å²) in [5.41, 5.74) is 2.17. The van der Waals surface area contributed by atoms with Gasteiger partial charge in [0, 0.05) is 35.4 Å². The van der Waals surface area contributed by atoms with Gasteiger partial charge >= 0.3 is 5.97 Å². The van der Waals surface area contributed by atoms with Gasteiger partial charge in [-0.2, -0.15) is 0 Å². The first-order chi connectivity index (χ1) is 14.7. The van der Waals surface area contributed by atoms with Gasteiger partial charge in [0.2, 0.25) is 0 Å². The standard InChI is InChI=1S/C25H33BrN2O3/c1-5-20-7-6-15-27(20)17-22-21(26)12-13-23(29)28(22)16-14-18-8-10-19(11-9-18)24(30)31-25(2,3)4/h8-13,20H,5-7,14-17H2,1-4H3. The summed E-state index contributed by atoms with van der Waals surface area (Å²) in [7, 11) is 0. The van der Waals surface area contributed by atoms with Gasteiger partial charge in [0.15, 0.2) is 0 Å². The molecule has 168 valence electrons. The second-order valence-electron chi connectivity index (χ2n) is 9.24. The monoisotopic (exact) mass is 488 g/mol. The summed E-state index contributed by atoms with van der Waals surface area (Å²) in [6, 6.07) is 11.6. The van der Waals surface area contributed by atoms with Gasteiger partial charge in [-0.1, -0.05) is 19.1 Å². The average molecular weight is 489 g/mol. The number of nitrogens with zero attached hydrogens (tertiary/aromatic N) is 2. The fraction of sp³-hybridized carbons (Fsp3) is 0.520. The van der Waals surface area contributed by atoms with Gasteiger partial charge in [-0.15, -0.1) is 0 Å². The molecule has 2 heterocycles. The van der Waals surface area contributed by atoms with Crippen LogP contribution in [0, 0.1) is 0 Å². The maximum Gasteiger partial charge on any atom is 0.338 e. The molecule has 0 N–H and O–H groups in total. The van der Waals surface area contributed by atoms with Crippen molar-refractivity contribution >= 4 is 21.9 Å². The van der Waals surface area contributed by atoms with Crippen molar-refractivity contribution in [3.63, 3.8) is 0 Å². The molecule has 1 aromatic heterocycles. The number of benzene rings is 1. The third-order valence-corrected chi connectivity index (χ3v) is 6.50. The Bertz CT molecular complexity index is 960. The van der Waals surface area contributed by atoms with E-state index < -0.39 is 5.60 Å². The highest BCUT2D eigenvalue weighted by Crippen LogP contribution is 2.25. The first kappa shape index (κ1) is 23.7. The predicted octanol–water partition coefficient (Wildman–Crippen LogP) is 5.18. The Morgan fingerprint density at radius 3 is 2.52 bits per heavy atom. The number of aryl methyl sites for hydroxylation is 1. The smallest absolute Gasteiger partial charge is 0.338 e. The van der Waals surface area contributed by atoms with Crippen molar-refractivity contribution in [2.45, 2.75) is 78.1 Å². The number of ether oxygens (including phenoxy) is 1. The molecule has 0 spiro atoms. The number of hydrogen-bond donors (Lipinski definition) is 0. The zero-order valence-corrected chi connectivity index (χ0v) is 20.6. The summed E-state index contributed by atoms with van der Waals surface area (Å²) in [4.78, 5) is 27.4. The number of esters is 1. The Balaban J connectivity index is 1.72. The minimum atomic E-state index is -0.514. The average Bonchev–Trinajstić information content (AvgIpc) is 3.16. The van der Waals surface area contributed by atoms with Crippen molar-refractivity contribution in [3.8, 4) is 0 Å². The van der Waals surface area contributed by atoms with Crippen molar-refractivity contribution in [1.29, 1.82) is 0 Å². The molecule has 1 aromatic carbocycles. The highest BCUT2D eigenvalue weighted by atomic mass is 79.9. The molecule has 1 atom stereocenters. The Morgan fingerprint density at radius 2 is 1.87 bits per heavy atom. The van der Waals surface area contributed by atoms with Gasteiger partial charge in [0.25, 0.3) is 5.56 Å². The highest BCUT2D eigenvalue weighted by molar-refractivity contribution is 9.10. The maximum atomic E-state index is 12.7. The maximum absolute atomic E-state index is 12.7. The Morgan fingerprint density at radius 1 is 1.16 bits per heavy atom. The topological polar surface area (TPSA) is 51.5 Å². The number of carbonyl (C=O) groups is 1. The molecule has 0 radical (unpaired) electrons. The van der Waals surface area contributed by atoms with Gasteiger partial charge in [0.05, 0.1) is 5.56 Å². The molecule has 2 aromatic rings. The van der Waals surface area contributed by atoms with Gasteiger partial charge in [-0.25, -0.2) is 4.79 Å². The minimum Gasteiger partial charge on any atom is -0.456 e. The summed E-state index contributed by atoms with van der Waals surface area (Å²) < 4.78 is 8.29. The Hall–Kier alpha value is -1.92. The van der Waals surface area contributed by atoms with E-state index >= 15 is 0 Å². The molecule has 3 rings (SSSR count). The third kappa shape index (κ3) is 6.30. The van der Waals surface area contributed by atoms with Crippen molar-refractivity contribution in [3.05, 3.63) is 68.0 Å². The molecule has 0 saturated carbocycles. The summed E-state index contributed by atoms with van der Waals surface area (Å²) in [5.74, 6) is -0.319. The van der Waals surface area contributed by atoms with E-state index in [1.807, 2.05) is 43.5 Å². The highest BCUT2D eigenvalue weighted by Gasteiger charge is 2.24. The second-order valence-corrected chi connectivity index (χ2v) is 10.1. The molecule has 0 amide bonds. The van der Waals surface area contributed by atoms with Crippen molar-refractivity contribution in [2.24, 2.45) is 0 Å². The normalized spacial score (nSPS) is 17.1. The van der Waals surface area contributed by atoms with E-state index in [1.54, 1.807) is 18.2 Å². The van der Waals surface area contributed by atoms with Crippen molar-refractivity contribution in [1.82, 2.24) is 9.47 Å². The van der Waals surface area contributed by atoms with Gasteiger partial charge < -0.3 is 9.30 Å². The lowest BCUT2D eigenvalue weighted by Gasteiger charge is -2.25. The fourth-order valence-electron chi connectivity index (χ4n) is 4.14. The molecule has 1 fully saturated rings.